The molecule has 0 saturated carbocycles. The van der Waals surface area contributed by atoms with Gasteiger partial charge in [0.25, 0.3) is 0 Å². The lowest BCUT2D eigenvalue weighted by molar-refractivity contribution is 0.181. The van der Waals surface area contributed by atoms with E-state index in [9.17, 15) is 4.79 Å². The summed E-state index contributed by atoms with van der Waals surface area (Å²) >= 11 is 0. The number of nitrogens with zero attached hydrogens (tertiary/aromatic N) is 2. The number of amides is 1. The summed E-state index contributed by atoms with van der Waals surface area (Å²) in [6, 6.07) is 3.75. The van der Waals surface area contributed by atoms with Crippen molar-refractivity contribution in [1.82, 2.24) is 4.98 Å². The Bertz CT molecular complexity index is 321. The van der Waals surface area contributed by atoms with Crippen LogP contribution in [-0.4, -0.2) is 24.2 Å². The highest BCUT2D eigenvalue weighted by Gasteiger charge is 2.23. The molecule has 1 aromatic rings. The highest BCUT2D eigenvalue weighted by atomic mass is 16.6. The highest BCUT2D eigenvalue weighted by molar-refractivity contribution is 5.88. The van der Waals surface area contributed by atoms with Gasteiger partial charge in [-0.05, 0) is 19.1 Å². The summed E-state index contributed by atoms with van der Waals surface area (Å²) in [5.74, 6) is 0. The molecule has 1 aliphatic heterocycles. The topological polar surface area (TPSA) is 42.4 Å². The van der Waals surface area contributed by atoms with Gasteiger partial charge in [-0.15, -0.1) is 0 Å². The molecule has 1 amide bonds. The van der Waals surface area contributed by atoms with Crippen molar-refractivity contribution in [3.63, 3.8) is 0 Å². The highest BCUT2D eigenvalue weighted by Crippen LogP contribution is 2.16. The number of rotatable bonds is 1. The summed E-state index contributed by atoms with van der Waals surface area (Å²) in [4.78, 5) is 16.8. The van der Waals surface area contributed by atoms with Crippen molar-refractivity contribution in [2.75, 3.05) is 18.1 Å². The second-order valence-electron chi connectivity index (χ2n) is 2.92. The van der Waals surface area contributed by atoms with E-state index in [1.807, 2.05) is 19.1 Å². The van der Waals surface area contributed by atoms with E-state index in [4.69, 9.17) is 4.74 Å². The van der Waals surface area contributed by atoms with Crippen LogP contribution in [0.2, 0.25) is 0 Å². The van der Waals surface area contributed by atoms with E-state index in [0.717, 1.165) is 11.4 Å². The summed E-state index contributed by atoms with van der Waals surface area (Å²) in [5.41, 5.74) is 1.74. The molecular weight excluding hydrogens is 168 g/mol. The molecule has 0 aromatic carbocycles. The van der Waals surface area contributed by atoms with E-state index in [2.05, 4.69) is 4.98 Å². The minimum atomic E-state index is -0.286. The summed E-state index contributed by atoms with van der Waals surface area (Å²) < 4.78 is 4.81. The van der Waals surface area contributed by atoms with E-state index in [1.165, 1.54) is 0 Å². The largest absolute Gasteiger partial charge is 0.447 e. The number of carbonyl (C=O) groups is 1. The maximum Gasteiger partial charge on any atom is 0.414 e. The average Bonchev–Trinajstić information content (AvgIpc) is 2.53. The van der Waals surface area contributed by atoms with E-state index in [1.54, 1.807) is 11.1 Å². The minimum absolute atomic E-state index is 0.286. The zero-order valence-electron chi connectivity index (χ0n) is 7.36. The molecule has 0 bridgehead atoms. The first-order valence-electron chi connectivity index (χ1n) is 4.14. The predicted molar refractivity (Wildman–Crippen MR) is 47.7 cm³/mol. The Morgan fingerprint density at radius 1 is 1.54 bits per heavy atom. The molecule has 0 N–H and O–H groups in total. The van der Waals surface area contributed by atoms with Crippen LogP contribution in [-0.2, 0) is 4.74 Å². The Balaban J connectivity index is 2.25. The fourth-order valence-corrected chi connectivity index (χ4v) is 1.25. The van der Waals surface area contributed by atoms with Crippen LogP contribution in [0, 0.1) is 6.92 Å². The molecule has 4 heteroatoms. The minimum Gasteiger partial charge on any atom is -0.447 e. The monoisotopic (exact) mass is 178 g/mol. The second kappa shape index (κ2) is 3.05. The fourth-order valence-electron chi connectivity index (χ4n) is 1.25. The Hall–Kier alpha value is -1.58. The van der Waals surface area contributed by atoms with Gasteiger partial charge in [-0.2, -0.15) is 0 Å². The Morgan fingerprint density at radius 2 is 2.38 bits per heavy atom. The smallest absolute Gasteiger partial charge is 0.414 e. The Morgan fingerprint density at radius 3 is 2.92 bits per heavy atom. The van der Waals surface area contributed by atoms with Gasteiger partial charge in [0.1, 0.15) is 6.61 Å². The first kappa shape index (κ1) is 8.04. The van der Waals surface area contributed by atoms with Crippen molar-refractivity contribution in [2.24, 2.45) is 0 Å². The van der Waals surface area contributed by atoms with E-state index < -0.39 is 0 Å². The molecule has 0 aliphatic carbocycles. The van der Waals surface area contributed by atoms with Crippen molar-refractivity contribution in [3.05, 3.63) is 24.0 Å². The zero-order valence-corrected chi connectivity index (χ0v) is 7.36. The van der Waals surface area contributed by atoms with Crippen molar-refractivity contribution in [3.8, 4) is 0 Å². The predicted octanol–water partition coefficient (Wildman–Crippen LogP) is 1.35. The first-order valence-corrected chi connectivity index (χ1v) is 4.14. The number of pyridine rings is 1. The van der Waals surface area contributed by atoms with Crippen LogP contribution in [0.4, 0.5) is 10.5 Å². The molecule has 13 heavy (non-hydrogen) atoms. The molecule has 0 radical (unpaired) electrons. The molecule has 2 heterocycles. The van der Waals surface area contributed by atoms with Crippen molar-refractivity contribution in [2.45, 2.75) is 6.92 Å². The number of hydrogen-bond donors (Lipinski definition) is 0. The average molecular weight is 178 g/mol. The molecule has 1 aromatic heterocycles. The van der Waals surface area contributed by atoms with Crippen molar-refractivity contribution >= 4 is 11.8 Å². The van der Waals surface area contributed by atoms with Gasteiger partial charge in [-0.25, -0.2) is 4.79 Å². The summed E-state index contributed by atoms with van der Waals surface area (Å²) in [5, 5.41) is 0. The van der Waals surface area contributed by atoms with E-state index >= 15 is 0 Å². The van der Waals surface area contributed by atoms with Gasteiger partial charge < -0.3 is 4.74 Å². The van der Waals surface area contributed by atoms with Gasteiger partial charge in [-0.3, -0.25) is 9.88 Å². The standard InChI is InChI=1S/C9H10N2O2/c1-7-2-3-8(6-10-7)11-4-5-13-9(11)12/h2-3,6H,4-5H2,1H3. The van der Waals surface area contributed by atoms with Gasteiger partial charge in [0.2, 0.25) is 0 Å². The van der Waals surface area contributed by atoms with Gasteiger partial charge in [0.15, 0.2) is 0 Å². The zero-order chi connectivity index (χ0) is 9.26. The van der Waals surface area contributed by atoms with Crippen LogP contribution >= 0.6 is 0 Å². The number of aryl methyl sites for hydroxylation is 1. The number of aromatic nitrogens is 1. The van der Waals surface area contributed by atoms with Gasteiger partial charge in [0.05, 0.1) is 18.4 Å². The molecule has 0 atom stereocenters. The number of ether oxygens (including phenoxy) is 1. The third-order valence-corrected chi connectivity index (χ3v) is 1.97. The molecule has 1 saturated heterocycles. The normalized spacial score (nSPS) is 16.1. The maximum atomic E-state index is 11.1. The van der Waals surface area contributed by atoms with E-state index in [0.29, 0.717) is 13.2 Å². The van der Waals surface area contributed by atoms with Gasteiger partial charge in [0, 0.05) is 5.69 Å². The lowest BCUT2D eigenvalue weighted by atomic mass is 10.3. The van der Waals surface area contributed by atoms with Crippen LogP contribution in [0.25, 0.3) is 0 Å². The first-order chi connectivity index (χ1) is 6.27. The quantitative estimate of drug-likeness (QED) is 0.651. The molecule has 0 spiro atoms. The number of carbonyl (C=O) groups excluding carboxylic acids is 1. The Labute approximate surface area is 76.1 Å². The number of hydrogen-bond acceptors (Lipinski definition) is 3. The molecule has 1 aliphatic rings. The lowest BCUT2D eigenvalue weighted by Crippen LogP contribution is -2.23. The van der Waals surface area contributed by atoms with Gasteiger partial charge in [-0.1, -0.05) is 0 Å². The van der Waals surface area contributed by atoms with Crippen LogP contribution < -0.4 is 4.90 Å². The van der Waals surface area contributed by atoms with Crippen LogP contribution in [0.3, 0.4) is 0 Å². The molecule has 2 rings (SSSR count). The second-order valence-corrected chi connectivity index (χ2v) is 2.92. The SMILES string of the molecule is Cc1ccc(N2CCOC2=O)cn1. The van der Waals surface area contributed by atoms with Crippen LogP contribution in [0.1, 0.15) is 5.69 Å². The molecule has 0 unspecified atom stereocenters. The number of cyclic esters (lactones) is 1. The summed E-state index contributed by atoms with van der Waals surface area (Å²) in [6.07, 6.45) is 1.40. The third-order valence-electron chi connectivity index (χ3n) is 1.97. The molecule has 1 fully saturated rings. The lowest BCUT2D eigenvalue weighted by Gasteiger charge is -2.11. The van der Waals surface area contributed by atoms with Crippen molar-refractivity contribution in [1.29, 1.82) is 0 Å². The summed E-state index contributed by atoms with van der Waals surface area (Å²) in [6.45, 7) is 2.99. The third kappa shape index (κ3) is 1.47. The summed E-state index contributed by atoms with van der Waals surface area (Å²) in [7, 11) is 0. The Kier molecular flexibility index (Phi) is 1.88. The van der Waals surface area contributed by atoms with Gasteiger partial charge >= 0.3 is 6.09 Å². The van der Waals surface area contributed by atoms with Crippen LogP contribution in [0.5, 0.6) is 0 Å². The van der Waals surface area contributed by atoms with Crippen molar-refractivity contribution < 1.29 is 9.53 Å². The van der Waals surface area contributed by atoms with Crippen LogP contribution in [0.15, 0.2) is 18.3 Å². The van der Waals surface area contributed by atoms with E-state index in [-0.39, 0.29) is 6.09 Å². The fraction of sp³-hybridized carbons (Fsp3) is 0.333. The molecular formula is C9H10N2O2. The number of anilines is 1. The molecule has 68 valence electrons. The molecule has 4 nitrogen and oxygen atoms in total. The maximum absolute atomic E-state index is 11.1.